The molecule has 0 bridgehead atoms. The van der Waals surface area contributed by atoms with Gasteiger partial charge in [-0.15, -0.1) is 0 Å². The highest BCUT2D eigenvalue weighted by Crippen LogP contribution is 2.71. The van der Waals surface area contributed by atoms with Crippen molar-refractivity contribution in [3.05, 3.63) is 0 Å². The summed E-state index contributed by atoms with van der Waals surface area (Å²) in [5, 5.41) is 72.8. The standard InChI is InChI=1S/C39H64O13/c1-18-7-12-39(47-17-18)19(2)28-25(52-39)14-24-22-6-5-20-13-21(8-10-37(20,3)23(22)9-11-38(24,28)4)48-35-33(46)31(44)34(27(16-41)50-35)51-36-32(45)30(43)29(42)26(15-40)49-36/h18-36,40-46H,5-17H2,1-4H3/t18?,19-,20-,21+,22+,23?,24?,25-,26+,27+,28-,29+,30-,31+,32+,33+,34-,35+,36-,37-,38-,39+/m0/s1. The lowest BCUT2D eigenvalue weighted by atomic mass is 9.44. The lowest BCUT2D eigenvalue weighted by molar-refractivity contribution is -0.364. The van der Waals surface area contributed by atoms with Crippen LogP contribution in [0.5, 0.6) is 0 Å². The van der Waals surface area contributed by atoms with Gasteiger partial charge in [0.1, 0.15) is 48.8 Å². The van der Waals surface area contributed by atoms with Crippen molar-refractivity contribution >= 4 is 0 Å². The van der Waals surface area contributed by atoms with Crippen molar-refractivity contribution < 1.29 is 64.2 Å². The quantitative estimate of drug-likeness (QED) is 0.194. The fourth-order valence-electron chi connectivity index (χ4n) is 13.2. The van der Waals surface area contributed by atoms with Gasteiger partial charge in [0, 0.05) is 12.3 Å². The highest BCUT2D eigenvalue weighted by molar-refractivity contribution is 5.15. The van der Waals surface area contributed by atoms with Crippen LogP contribution in [0.15, 0.2) is 0 Å². The number of fused-ring (bicyclic) bond motifs is 7. The lowest BCUT2D eigenvalue weighted by Gasteiger charge is -2.61. The Hall–Kier alpha value is -0.520. The first-order valence-electron chi connectivity index (χ1n) is 20.3. The van der Waals surface area contributed by atoms with Crippen molar-refractivity contribution in [3.8, 4) is 0 Å². The van der Waals surface area contributed by atoms with Crippen LogP contribution in [-0.2, 0) is 28.4 Å². The molecule has 8 rings (SSSR count). The first kappa shape index (κ1) is 38.4. The number of ether oxygens (including phenoxy) is 6. The highest BCUT2D eigenvalue weighted by Gasteiger charge is 2.69. The highest BCUT2D eigenvalue weighted by atomic mass is 16.7. The molecule has 0 amide bonds. The number of rotatable bonds is 6. The molecular formula is C39H64O13. The van der Waals surface area contributed by atoms with Gasteiger partial charge in [-0.1, -0.05) is 27.7 Å². The molecule has 0 radical (unpaired) electrons. The number of hydrogen-bond acceptors (Lipinski definition) is 13. The van der Waals surface area contributed by atoms with E-state index < -0.39 is 80.4 Å². The second-order valence-corrected chi connectivity index (χ2v) is 18.7. The van der Waals surface area contributed by atoms with Gasteiger partial charge in [-0.3, -0.25) is 0 Å². The summed E-state index contributed by atoms with van der Waals surface area (Å²) in [4.78, 5) is 0. The van der Waals surface area contributed by atoms with E-state index in [2.05, 4.69) is 27.7 Å². The van der Waals surface area contributed by atoms with Crippen LogP contribution >= 0.6 is 0 Å². The molecule has 298 valence electrons. The molecule has 4 saturated heterocycles. The van der Waals surface area contributed by atoms with E-state index in [4.69, 9.17) is 28.4 Å². The van der Waals surface area contributed by atoms with E-state index in [-0.39, 0.29) is 23.0 Å². The molecule has 8 fully saturated rings. The maximum atomic E-state index is 11.2. The zero-order valence-corrected chi connectivity index (χ0v) is 31.2. The SMILES string of the molecule is CC1CC[C@@]2(OC1)O[C@H]1CC3[C@@H]4CC[C@H]5C[C@H](O[C@@H]6O[C@H](CO)[C@H](O[C@@H]7O[C@H](CO)[C@@H](O)[C@H](O)[C@H]7O)[C@H](O)[C@H]6O)CC[C@]5(C)C4CC[C@]3(C)[C@H]1[C@@H]2C. The van der Waals surface area contributed by atoms with Gasteiger partial charge in [0.25, 0.3) is 0 Å². The molecule has 0 aromatic heterocycles. The van der Waals surface area contributed by atoms with Gasteiger partial charge >= 0.3 is 0 Å². The molecule has 52 heavy (non-hydrogen) atoms. The van der Waals surface area contributed by atoms with E-state index in [0.29, 0.717) is 41.4 Å². The molecule has 7 N–H and O–H groups in total. The Morgan fingerprint density at radius 3 is 2.08 bits per heavy atom. The monoisotopic (exact) mass is 740 g/mol. The summed E-state index contributed by atoms with van der Waals surface area (Å²) in [6.45, 7) is 9.33. The van der Waals surface area contributed by atoms with E-state index in [0.717, 1.165) is 45.1 Å². The Bertz CT molecular complexity index is 1260. The van der Waals surface area contributed by atoms with E-state index in [1.165, 1.54) is 25.7 Å². The van der Waals surface area contributed by atoms with Crippen LogP contribution < -0.4 is 0 Å². The van der Waals surface area contributed by atoms with Crippen LogP contribution in [0.3, 0.4) is 0 Å². The molecule has 1 spiro atoms. The Morgan fingerprint density at radius 2 is 1.37 bits per heavy atom. The average molecular weight is 741 g/mol. The zero-order chi connectivity index (χ0) is 36.9. The van der Waals surface area contributed by atoms with Crippen LogP contribution in [0.2, 0.25) is 0 Å². The topological polar surface area (TPSA) is 197 Å². The second-order valence-electron chi connectivity index (χ2n) is 18.7. The summed E-state index contributed by atoms with van der Waals surface area (Å²) in [5.41, 5.74) is 0.468. The second kappa shape index (κ2) is 14.1. The molecule has 8 aliphatic rings. The molecule has 0 aromatic rings. The van der Waals surface area contributed by atoms with Crippen molar-refractivity contribution in [1.82, 2.24) is 0 Å². The van der Waals surface area contributed by atoms with Gasteiger partial charge in [-0.2, -0.15) is 0 Å². The summed E-state index contributed by atoms with van der Waals surface area (Å²) in [5.74, 6) is 3.63. The first-order valence-corrected chi connectivity index (χ1v) is 20.3. The zero-order valence-electron chi connectivity index (χ0n) is 31.2. The molecular weight excluding hydrogens is 676 g/mol. The summed E-state index contributed by atoms with van der Waals surface area (Å²) in [6, 6.07) is 0. The third-order valence-corrected chi connectivity index (χ3v) is 16.2. The maximum Gasteiger partial charge on any atom is 0.187 e. The first-order chi connectivity index (χ1) is 24.7. The Balaban J connectivity index is 0.892. The maximum absolute atomic E-state index is 11.2. The summed E-state index contributed by atoms with van der Waals surface area (Å²) in [7, 11) is 0. The average Bonchev–Trinajstić information content (AvgIpc) is 3.58. The molecule has 13 nitrogen and oxygen atoms in total. The van der Waals surface area contributed by atoms with Crippen LogP contribution in [0.1, 0.15) is 91.9 Å². The van der Waals surface area contributed by atoms with Crippen molar-refractivity contribution in [2.75, 3.05) is 19.8 Å². The van der Waals surface area contributed by atoms with Crippen molar-refractivity contribution in [2.45, 2.75) is 171 Å². The Kier molecular flexibility index (Phi) is 10.4. The summed E-state index contributed by atoms with van der Waals surface area (Å²) < 4.78 is 37.0. The van der Waals surface area contributed by atoms with Gasteiger partial charge in [0.2, 0.25) is 0 Å². The summed E-state index contributed by atoms with van der Waals surface area (Å²) >= 11 is 0. The molecule has 4 saturated carbocycles. The third-order valence-electron chi connectivity index (χ3n) is 16.2. The number of aliphatic hydroxyl groups excluding tert-OH is 7. The minimum Gasteiger partial charge on any atom is -0.394 e. The molecule has 3 unspecified atom stereocenters. The Morgan fingerprint density at radius 1 is 0.673 bits per heavy atom. The minimum absolute atomic E-state index is 0.188. The molecule has 4 heterocycles. The molecule has 0 aromatic carbocycles. The fourth-order valence-corrected chi connectivity index (χ4v) is 13.2. The van der Waals surface area contributed by atoms with Gasteiger partial charge in [0.15, 0.2) is 18.4 Å². The van der Waals surface area contributed by atoms with Crippen LogP contribution in [0.25, 0.3) is 0 Å². The predicted octanol–water partition coefficient (Wildman–Crippen LogP) is 1.44. The van der Waals surface area contributed by atoms with Crippen LogP contribution in [0, 0.1) is 52.3 Å². The van der Waals surface area contributed by atoms with E-state index in [9.17, 15) is 35.7 Å². The van der Waals surface area contributed by atoms with Gasteiger partial charge in [0.05, 0.1) is 32.0 Å². The smallest absolute Gasteiger partial charge is 0.187 e. The van der Waals surface area contributed by atoms with Gasteiger partial charge < -0.3 is 64.2 Å². The van der Waals surface area contributed by atoms with Crippen molar-refractivity contribution in [1.29, 1.82) is 0 Å². The van der Waals surface area contributed by atoms with E-state index in [1.807, 2.05) is 0 Å². The molecule has 4 aliphatic heterocycles. The largest absolute Gasteiger partial charge is 0.394 e. The molecule has 22 atom stereocenters. The molecule has 13 heteroatoms. The Labute approximate surface area is 307 Å². The van der Waals surface area contributed by atoms with Gasteiger partial charge in [-0.05, 0) is 104 Å². The molecule has 4 aliphatic carbocycles. The van der Waals surface area contributed by atoms with Crippen LogP contribution in [0.4, 0.5) is 0 Å². The van der Waals surface area contributed by atoms with Crippen LogP contribution in [-0.4, -0.2) is 135 Å². The lowest BCUT2D eigenvalue weighted by Crippen LogP contribution is -2.65. The predicted molar refractivity (Wildman–Crippen MR) is 183 cm³/mol. The third kappa shape index (κ3) is 5.98. The normalized spacial score (nSPS) is 59.0. The van der Waals surface area contributed by atoms with E-state index >= 15 is 0 Å². The number of aliphatic hydroxyl groups is 7. The van der Waals surface area contributed by atoms with Crippen molar-refractivity contribution in [3.63, 3.8) is 0 Å². The minimum atomic E-state index is -1.71. The van der Waals surface area contributed by atoms with E-state index in [1.54, 1.807) is 0 Å². The summed E-state index contributed by atoms with van der Waals surface area (Å²) in [6.07, 6.45) is -3.66. The van der Waals surface area contributed by atoms with Gasteiger partial charge in [-0.25, -0.2) is 0 Å². The van der Waals surface area contributed by atoms with Crippen molar-refractivity contribution in [2.24, 2.45) is 52.3 Å². The fraction of sp³-hybridized carbons (Fsp3) is 1.00. The number of hydrogen-bond donors (Lipinski definition) is 7.